The molecule has 0 N–H and O–H groups in total. The number of quaternary nitrogens is 1. The Balaban J connectivity index is 1.27. The third kappa shape index (κ3) is 2.86. The van der Waals surface area contributed by atoms with Crippen LogP contribution in [0.2, 0.25) is 0 Å². The maximum Gasteiger partial charge on any atom is 0.189 e. The monoisotopic (exact) mass is 354 g/mol. The summed E-state index contributed by atoms with van der Waals surface area (Å²) in [5, 5.41) is 11.0. The molecule has 1 aromatic carbocycles. The van der Waals surface area contributed by atoms with Gasteiger partial charge in [0.15, 0.2) is 11.9 Å². The van der Waals surface area contributed by atoms with Crippen LogP contribution in [0.5, 0.6) is 5.75 Å². The number of piperidine rings is 1. The maximum absolute atomic E-state index is 6.36. The van der Waals surface area contributed by atoms with Crippen molar-refractivity contribution in [3.8, 4) is 5.75 Å². The Kier molecular flexibility index (Phi) is 4.27. The summed E-state index contributed by atoms with van der Waals surface area (Å²) >= 11 is 0. The largest absolute Gasteiger partial charge is 0.490 e. The second-order valence-corrected chi connectivity index (χ2v) is 7.90. The predicted octanol–water partition coefficient (Wildman–Crippen LogP) is 3.86. The van der Waals surface area contributed by atoms with E-state index in [0.717, 1.165) is 43.4 Å². The van der Waals surface area contributed by atoms with Gasteiger partial charge in [0.05, 0.1) is 18.3 Å². The van der Waals surface area contributed by atoms with Crippen LogP contribution in [-0.4, -0.2) is 48.2 Å². The summed E-state index contributed by atoms with van der Waals surface area (Å²) in [6, 6.07) is 9.28. The molecular weight excluding hydrogens is 326 g/mol. The van der Waals surface area contributed by atoms with Crippen LogP contribution < -0.4 is 9.44 Å². The van der Waals surface area contributed by atoms with Gasteiger partial charge < -0.3 is 9.64 Å². The molecule has 0 amide bonds. The normalized spacial score (nSPS) is 30.3. The minimum absolute atomic E-state index is 0.329. The minimum atomic E-state index is 0.329. The first kappa shape index (κ1) is 16.4. The summed E-state index contributed by atoms with van der Waals surface area (Å²) in [5.41, 5.74) is 1.10. The average Bonchev–Trinajstić information content (AvgIpc) is 3.04. The van der Waals surface area contributed by atoms with E-state index in [0.29, 0.717) is 10.8 Å². The molecule has 5 rings (SSSR count). The molecule has 1 unspecified atom stereocenters. The van der Waals surface area contributed by atoms with Gasteiger partial charge in [0, 0.05) is 31.3 Å². The smallest absolute Gasteiger partial charge is 0.189 e. The van der Waals surface area contributed by atoms with E-state index >= 15 is 0 Å². The van der Waals surface area contributed by atoms with Crippen LogP contribution >= 0.6 is 0 Å². The molecule has 3 aliphatic heterocycles. The van der Waals surface area contributed by atoms with E-state index in [4.69, 9.17) is 4.74 Å². The minimum Gasteiger partial charge on any atom is -0.490 e. The Bertz CT molecular complexity index is 690. The Hall–Kier alpha value is -1.76. The zero-order valence-corrected chi connectivity index (χ0v) is 15.3. The Labute approximate surface area is 155 Å². The number of rotatable bonds is 5. The third-order valence-corrected chi connectivity index (χ3v) is 6.36. The number of hydrogen-bond acceptors (Lipinski definition) is 5. The van der Waals surface area contributed by atoms with Gasteiger partial charge in [0.25, 0.3) is 0 Å². The number of likely N-dealkylation sites (tertiary alicyclic amines) is 1. The van der Waals surface area contributed by atoms with Crippen molar-refractivity contribution in [2.24, 2.45) is 10.3 Å². The van der Waals surface area contributed by atoms with Crippen molar-refractivity contribution in [2.45, 2.75) is 50.7 Å². The fraction of sp³-hybridized carbons (Fsp3) is 0.600. The van der Waals surface area contributed by atoms with Gasteiger partial charge in [-0.2, -0.15) is 0 Å². The van der Waals surface area contributed by atoms with Gasteiger partial charge in [-0.3, -0.25) is 0 Å². The van der Waals surface area contributed by atoms with Crippen LogP contribution in [0, 0.1) is 0 Å². The number of benzene rings is 1. The van der Waals surface area contributed by atoms with Crippen LogP contribution in [0.4, 0.5) is 5.69 Å². The van der Waals surface area contributed by atoms with Crippen LogP contribution in [0.1, 0.15) is 38.5 Å². The number of nitrogens with zero attached hydrogens (tertiary/aromatic N) is 5. The molecule has 1 aliphatic carbocycles. The molecule has 0 bridgehead atoms. The Morgan fingerprint density at radius 3 is 2.46 bits per heavy atom. The van der Waals surface area contributed by atoms with Crippen molar-refractivity contribution < 1.29 is 4.74 Å². The predicted molar refractivity (Wildman–Crippen MR) is 101 cm³/mol. The Morgan fingerprint density at radius 1 is 1.00 bits per heavy atom. The fourth-order valence-electron chi connectivity index (χ4n) is 4.38. The van der Waals surface area contributed by atoms with Crippen molar-refractivity contribution in [2.75, 3.05) is 26.2 Å². The second kappa shape index (κ2) is 6.76. The van der Waals surface area contributed by atoms with Crippen molar-refractivity contribution in [1.29, 1.82) is 0 Å². The van der Waals surface area contributed by atoms with E-state index in [9.17, 15) is 0 Å². The first-order chi connectivity index (χ1) is 12.8. The first-order valence-corrected chi connectivity index (χ1v) is 10.1. The van der Waals surface area contributed by atoms with Gasteiger partial charge in [-0.1, -0.05) is 12.5 Å². The first-order valence-electron chi connectivity index (χ1n) is 10.1. The van der Waals surface area contributed by atoms with E-state index in [2.05, 4.69) is 50.7 Å². The lowest BCUT2D eigenvalue weighted by Gasteiger charge is -2.41. The molecular formula is C20H28N5O+. The summed E-state index contributed by atoms with van der Waals surface area (Å²) in [6.45, 7) is 4.46. The zero-order valence-electron chi connectivity index (χ0n) is 15.3. The highest BCUT2D eigenvalue weighted by Crippen LogP contribution is 2.36. The summed E-state index contributed by atoms with van der Waals surface area (Å²) < 4.78 is 6.72. The maximum atomic E-state index is 6.36. The molecule has 1 saturated carbocycles. The summed E-state index contributed by atoms with van der Waals surface area (Å²) in [7, 11) is 0. The van der Waals surface area contributed by atoms with E-state index in [1.165, 1.54) is 38.8 Å². The molecule has 0 radical (unpaired) electrons. The molecule has 2 saturated heterocycles. The highest BCUT2D eigenvalue weighted by Gasteiger charge is 2.43. The van der Waals surface area contributed by atoms with Crippen LogP contribution in [0.25, 0.3) is 0 Å². The van der Waals surface area contributed by atoms with Crippen molar-refractivity contribution in [3.05, 3.63) is 36.7 Å². The fourth-order valence-corrected chi connectivity index (χ4v) is 4.38. The van der Waals surface area contributed by atoms with Crippen LogP contribution in [0.3, 0.4) is 0 Å². The van der Waals surface area contributed by atoms with Crippen molar-refractivity contribution in [3.63, 3.8) is 0 Å². The zero-order chi connectivity index (χ0) is 17.4. The molecule has 6 heteroatoms. The highest BCUT2D eigenvalue weighted by molar-refractivity contribution is 5.49. The summed E-state index contributed by atoms with van der Waals surface area (Å²) in [6.07, 6.45) is 11.9. The van der Waals surface area contributed by atoms with Crippen LogP contribution in [-0.2, 0) is 0 Å². The van der Waals surface area contributed by atoms with Crippen molar-refractivity contribution >= 4 is 5.69 Å². The van der Waals surface area contributed by atoms with Crippen molar-refractivity contribution in [1.82, 2.24) is 14.6 Å². The van der Waals surface area contributed by atoms with Gasteiger partial charge in [-0.15, -0.1) is 10.1 Å². The van der Waals surface area contributed by atoms with Gasteiger partial charge >= 0.3 is 0 Å². The summed E-state index contributed by atoms with van der Waals surface area (Å²) in [5.74, 6) is 0.957. The SMILES string of the molecule is C1=C[N+](c2cccc(OC3CCN(C4CCC4)CC3)c2)(N2CCC2)N=N1. The van der Waals surface area contributed by atoms with E-state index in [1.54, 1.807) is 6.20 Å². The van der Waals surface area contributed by atoms with Crippen LogP contribution in [0.15, 0.2) is 47.0 Å². The molecule has 0 spiro atoms. The topological polar surface area (TPSA) is 40.4 Å². The number of ether oxygens (including phenoxy) is 1. The number of hydrogen-bond donors (Lipinski definition) is 0. The lowest BCUT2D eigenvalue weighted by atomic mass is 9.90. The van der Waals surface area contributed by atoms with E-state index in [1.807, 2.05) is 0 Å². The molecule has 138 valence electrons. The van der Waals surface area contributed by atoms with Gasteiger partial charge in [0.2, 0.25) is 0 Å². The molecule has 1 atom stereocenters. The second-order valence-electron chi connectivity index (χ2n) is 7.90. The third-order valence-electron chi connectivity index (χ3n) is 6.36. The molecule has 6 nitrogen and oxygen atoms in total. The molecule has 26 heavy (non-hydrogen) atoms. The van der Waals surface area contributed by atoms with Gasteiger partial charge in [-0.25, -0.2) is 0 Å². The standard InChI is InChI=1S/C20H28N5O/c1-4-17(5-1)23-13-8-19(9-14-23)26-20-7-2-6-18(16-20)25(15-10-21-22-25)24-11-3-12-24/h2,6-7,10,15-17,19H,1,3-5,8-9,11-14H2/q+1. The average molecular weight is 354 g/mol. The molecule has 1 aromatic rings. The van der Waals surface area contributed by atoms with Gasteiger partial charge in [0.1, 0.15) is 18.1 Å². The lowest BCUT2D eigenvalue weighted by molar-refractivity contribution is -0.0264. The quantitative estimate of drug-likeness (QED) is 0.754. The summed E-state index contributed by atoms with van der Waals surface area (Å²) in [4.78, 5) is 2.67. The van der Waals surface area contributed by atoms with E-state index < -0.39 is 0 Å². The lowest BCUT2D eigenvalue weighted by Crippen LogP contribution is -2.59. The van der Waals surface area contributed by atoms with Gasteiger partial charge in [-0.05, 0) is 42.9 Å². The Morgan fingerprint density at radius 2 is 1.85 bits per heavy atom. The highest BCUT2D eigenvalue weighted by atomic mass is 16.5. The van der Waals surface area contributed by atoms with E-state index in [-0.39, 0.29) is 0 Å². The molecule has 4 aliphatic rings. The molecule has 0 aromatic heterocycles. The molecule has 3 heterocycles. The molecule has 3 fully saturated rings.